The Hall–Kier alpha value is -2.63. The number of halogens is 5. The minimum atomic E-state index is -2.15. The van der Waals surface area contributed by atoms with Crippen molar-refractivity contribution in [1.29, 1.82) is 0 Å². The Morgan fingerprint density at radius 2 is 1.25 bits per heavy atom. The summed E-state index contributed by atoms with van der Waals surface area (Å²) < 4.78 is 72.2. The van der Waals surface area contributed by atoms with E-state index in [1.165, 1.54) is 7.11 Å². The van der Waals surface area contributed by atoms with Gasteiger partial charge in [-0.05, 0) is 28.5 Å². The molecule has 124 valence electrons. The van der Waals surface area contributed by atoms with Gasteiger partial charge in [-0.2, -0.15) is 0 Å². The molecule has 0 bridgehead atoms. The lowest BCUT2D eigenvalue weighted by molar-refractivity contribution is 0.371. The largest absolute Gasteiger partial charge is 0.497 e. The van der Waals surface area contributed by atoms with Gasteiger partial charge in [0.15, 0.2) is 23.3 Å². The summed E-state index contributed by atoms with van der Waals surface area (Å²) in [5, 5.41) is 1.59. The minimum absolute atomic E-state index is 0.409. The van der Waals surface area contributed by atoms with Gasteiger partial charge in [-0.25, -0.2) is 22.0 Å². The van der Waals surface area contributed by atoms with Crippen LogP contribution < -0.4 is 4.74 Å². The van der Waals surface area contributed by atoms with Gasteiger partial charge >= 0.3 is 0 Å². The fourth-order valence-electron chi connectivity index (χ4n) is 2.52. The summed E-state index contributed by atoms with van der Waals surface area (Å²) in [7, 11) is 1.53. The van der Waals surface area contributed by atoms with Gasteiger partial charge in [0.1, 0.15) is 5.75 Å². The summed E-state index contributed by atoms with van der Waals surface area (Å²) in [6, 6.07) is 10.1. The Balaban J connectivity index is 2.04. The van der Waals surface area contributed by atoms with Gasteiger partial charge in [0.05, 0.1) is 7.11 Å². The lowest BCUT2D eigenvalue weighted by atomic mass is 10.00. The predicted octanol–water partition coefficient (Wildman–Crippen LogP) is 5.13. The van der Waals surface area contributed by atoms with Gasteiger partial charge in [-0.1, -0.05) is 24.3 Å². The van der Waals surface area contributed by atoms with Crippen LogP contribution in [0.5, 0.6) is 5.75 Å². The Labute approximate surface area is 134 Å². The summed E-state index contributed by atoms with van der Waals surface area (Å²) in [6.45, 7) is 0. The van der Waals surface area contributed by atoms with E-state index in [0.29, 0.717) is 11.3 Å². The second kappa shape index (κ2) is 6.11. The molecular weight excluding hydrogens is 327 g/mol. The van der Waals surface area contributed by atoms with Crippen LogP contribution in [0.4, 0.5) is 22.0 Å². The Kier molecular flexibility index (Phi) is 4.13. The number of ether oxygens (including phenoxy) is 1. The number of methoxy groups -OCH3 is 1. The van der Waals surface area contributed by atoms with Crippen molar-refractivity contribution in [2.75, 3.05) is 7.11 Å². The van der Waals surface area contributed by atoms with E-state index in [0.717, 1.165) is 10.8 Å². The first kappa shape index (κ1) is 16.2. The van der Waals surface area contributed by atoms with Crippen molar-refractivity contribution in [2.45, 2.75) is 6.42 Å². The van der Waals surface area contributed by atoms with E-state index in [9.17, 15) is 22.0 Å². The molecule has 1 nitrogen and oxygen atoms in total. The van der Waals surface area contributed by atoms with Crippen LogP contribution >= 0.6 is 0 Å². The topological polar surface area (TPSA) is 9.23 Å². The molecule has 0 fully saturated rings. The van der Waals surface area contributed by atoms with Crippen LogP contribution in [0.25, 0.3) is 10.8 Å². The molecule has 0 saturated heterocycles. The van der Waals surface area contributed by atoms with E-state index in [2.05, 4.69) is 0 Å². The fraction of sp³-hybridized carbons (Fsp3) is 0.111. The van der Waals surface area contributed by atoms with Crippen molar-refractivity contribution in [3.8, 4) is 5.75 Å². The molecule has 0 unspecified atom stereocenters. The first-order valence-corrected chi connectivity index (χ1v) is 6.99. The van der Waals surface area contributed by atoms with E-state index < -0.39 is 41.1 Å². The van der Waals surface area contributed by atoms with Crippen LogP contribution in [0, 0.1) is 29.1 Å². The van der Waals surface area contributed by atoms with Crippen molar-refractivity contribution >= 4 is 10.8 Å². The maximum Gasteiger partial charge on any atom is 0.200 e. The zero-order valence-electron chi connectivity index (χ0n) is 12.5. The quantitative estimate of drug-likeness (QED) is 0.365. The molecule has 3 aromatic carbocycles. The monoisotopic (exact) mass is 338 g/mol. The second-order valence-corrected chi connectivity index (χ2v) is 5.27. The third-order valence-electron chi connectivity index (χ3n) is 3.79. The number of hydrogen-bond acceptors (Lipinski definition) is 1. The van der Waals surface area contributed by atoms with Crippen LogP contribution in [-0.4, -0.2) is 7.11 Å². The van der Waals surface area contributed by atoms with Crippen LogP contribution in [0.15, 0.2) is 36.4 Å². The van der Waals surface area contributed by atoms with Crippen LogP contribution in [-0.2, 0) is 6.42 Å². The maximum absolute atomic E-state index is 13.8. The van der Waals surface area contributed by atoms with Gasteiger partial charge in [0, 0.05) is 12.0 Å². The van der Waals surface area contributed by atoms with E-state index >= 15 is 0 Å². The number of fused-ring (bicyclic) bond motifs is 1. The molecular formula is C18H11F5O. The van der Waals surface area contributed by atoms with Crippen molar-refractivity contribution in [3.05, 3.63) is 76.6 Å². The third kappa shape index (κ3) is 2.68. The van der Waals surface area contributed by atoms with E-state index in [4.69, 9.17) is 4.74 Å². The third-order valence-corrected chi connectivity index (χ3v) is 3.79. The average molecular weight is 338 g/mol. The molecule has 0 aliphatic rings. The van der Waals surface area contributed by atoms with Crippen molar-refractivity contribution in [3.63, 3.8) is 0 Å². The molecule has 0 aliphatic carbocycles. The van der Waals surface area contributed by atoms with Gasteiger partial charge in [-0.15, -0.1) is 0 Å². The van der Waals surface area contributed by atoms with E-state index in [-0.39, 0.29) is 0 Å². The molecule has 0 spiro atoms. The molecule has 6 heteroatoms. The zero-order chi connectivity index (χ0) is 17.4. The average Bonchev–Trinajstić information content (AvgIpc) is 2.61. The molecule has 24 heavy (non-hydrogen) atoms. The van der Waals surface area contributed by atoms with Crippen molar-refractivity contribution in [2.24, 2.45) is 0 Å². The maximum atomic E-state index is 13.8. The number of benzene rings is 3. The second-order valence-electron chi connectivity index (χ2n) is 5.27. The lowest BCUT2D eigenvalue weighted by Gasteiger charge is -2.09. The van der Waals surface area contributed by atoms with Crippen LogP contribution in [0.3, 0.4) is 0 Å². The molecule has 0 radical (unpaired) electrons. The Bertz CT molecular complexity index is 907. The molecule has 0 atom stereocenters. The Morgan fingerprint density at radius 3 is 1.88 bits per heavy atom. The van der Waals surface area contributed by atoms with E-state index in [1.54, 1.807) is 36.4 Å². The summed E-state index contributed by atoms with van der Waals surface area (Å²) in [5.41, 5.74) is -0.421. The molecule has 0 amide bonds. The van der Waals surface area contributed by atoms with Gasteiger partial charge < -0.3 is 4.74 Å². The lowest BCUT2D eigenvalue weighted by Crippen LogP contribution is -2.07. The first-order valence-electron chi connectivity index (χ1n) is 6.99. The summed E-state index contributed by atoms with van der Waals surface area (Å²) in [4.78, 5) is 0. The molecule has 0 saturated carbocycles. The van der Waals surface area contributed by atoms with Gasteiger partial charge in [0.25, 0.3) is 0 Å². The molecule has 0 aromatic heterocycles. The van der Waals surface area contributed by atoms with E-state index in [1.807, 2.05) is 0 Å². The zero-order valence-corrected chi connectivity index (χ0v) is 12.5. The van der Waals surface area contributed by atoms with Gasteiger partial charge in [-0.3, -0.25) is 0 Å². The van der Waals surface area contributed by atoms with Crippen molar-refractivity contribution < 1.29 is 26.7 Å². The Morgan fingerprint density at radius 1 is 0.708 bits per heavy atom. The number of hydrogen-bond donors (Lipinski definition) is 0. The van der Waals surface area contributed by atoms with Crippen molar-refractivity contribution in [1.82, 2.24) is 0 Å². The standard InChI is InChI=1S/C18H11F5O/c1-24-12-5-4-10-6-9(2-3-11(10)8-12)7-13-14(19)16(21)18(23)17(22)15(13)20/h2-6,8H,7H2,1H3. The summed E-state index contributed by atoms with van der Waals surface area (Å²) >= 11 is 0. The molecule has 0 heterocycles. The highest BCUT2D eigenvalue weighted by Gasteiger charge is 2.25. The summed E-state index contributed by atoms with van der Waals surface area (Å²) in [5.74, 6) is -8.99. The molecule has 3 rings (SSSR count). The molecule has 3 aromatic rings. The minimum Gasteiger partial charge on any atom is -0.497 e. The number of rotatable bonds is 3. The highest BCUT2D eigenvalue weighted by atomic mass is 19.2. The highest BCUT2D eigenvalue weighted by Crippen LogP contribution is 2.27. The van der Waals surface area contributed by atoms with Crippen LogP contribution in [0.1, 0.15) is 11.1 Å². The summed E-state index contributed by atoms with van der Waals surface area (Å²) in [6.07, 6.45) is -0.409. The smallest absolute Gasteiger partial charge is 0.200 e. The predicted molar refractivity (Wildman–Crippen MR) is 79.5 cm³/mol. The van der Waals surface area contributed by atoms with Crippen LogP contribution in [0.2, 0.25) is 0 Å². The SMILES string of the molecule is COc1ccc2cc(Cc3c(F)c(F)c(F)c(F)c3F)ccc2c1. The normalized spacial score (nSPS) is 11.1. The highest BCUT2D eigenvalue weighted by molar-refractivity contribution is 5.84. The fourth-order valence-corrected chi connectivity index (χ4v) is 2.52. The first-order chi connectivity index (χ1) is 11.4. The molecule has 0 aliphatic heterocycles. The van der Waals surface area contributed by atoms with Gasteiger partial charge in [0.2, 0.25) is 5.82 Å². The molecule has 0 N–H and O–H groups in total.